The summed E-state index contributed by atoms with van der Waals surface area (Å²) in [4.78, 5) is 0. The molecule has 5 heavy (non-hydrogen) atoms. The summed E-state index contributed by atoms with van der Waals surface area (Å²) in [6.07, 6.45) is 0. The van der Waals surface area contributed by atoms with E-state index in [1.165, 1.54) is 0 Å². The molecule has 0 bridgehead atoms. The summed E-state index contributed by atoms with van der Waals surface area (Å²) < 4.78 is 0. The van der Waals surface area contributed by atoms with Crippen LogP contribution in [-0.4, -0.2) is 0 Å². The van der Waals surface area contributed by atoms with E-state index in [0.29, 0.717) is 0 Å². The predicted octanol–water partition coefficient (Wildman–Crippen LogP) is 2.06. The number of halogens is 3. The third kappa shape index (κ3) is 23.6. The fourth-order valence-electron chi connectivity index (χ4n) is 0. The van der Waals surface area contributed by atoms with Crippen LogP contribution in [0.3, 0.4) is 0 Å². The standard InChI is InChI=1S/3ClH.Cu.Pd/h3*1H;;/q;;;+2;+1/p-3. The van der Waals surface area contributed by atoms with E-state index in [4.69, 9.17) is 0 Å². The topological polar surface area (TPSA) is 0 Å². The average molecular weight is 276 g/mol. The van der Waals surface area contributed by atoms with Gasteiger partial charge in [-0.1, -0.05) is 0 Å². The zero-order valence-electron chi connectivity index (χ0n) is 1.75. The summed E-state index contributed by atoms with van der Waals surface area (Å²) in [6, 6.07) is 0. The minimum atomic E-state index is 0.757. The van der Waals surface area contributed by atoms with Crippen LogP contribution in [0.4, 0.5) is 0 Å². The summed E-state index contributed by atoms with van der Waals surface area (Å²) >= 11 is 2.98. The molecule has 0 aromatic rings. The molecule has 0 amide bonds. The normalized spacial score (nSPS) is 5.80. The second-order valence-corrected chi connectivity index (χ2v) is 1.60. The van der Waals surface area contributed by atoms with Crippen LogP contribution in [0.1, 0.15) is 0 Å². The van der Waals surface area contributed by atoms with Gasteiger partial charge in [0.2, 0.25) is 0 Å². The molecule has 0 saturated carbocycles. The Morgan fingerprint density at radius 2 is 1.20 bits per heavy atom. The van der Waals surface area contributed by atoms with E-state index in [1.54, 1.807) is 0 Å². The maximum atomic E-state index is 4.67. The van der Waals surface area contributed by atoms with E-state index in [2.05, 4.69) is 47.9 Å². The summed E-state index contributed by atoms with van der Waals surface area (Å²) in [5, 5.41) is 0. The van der Waals surface area contributed by atoms with Crippen molar-refractivity contribution in [1.82, 2.24) is 0 Å². The molecule has 0 rings (SSSR count). The average Bonchev–Trinajstić information content (AvgIpc) is 1.46. The van der Waals surface area contributed by atoms with E-state index in [1.807, 2.05) is 0 Å². The van der Waals surface area contributed by atoms with Gasteiger partial charge in [0, 0.05) is 0 Å². The first kappa shape index (κ1) is 10.1. The number of hydrogen-bond acceptors (Lipinski definition) is 0. The number of rotatable bonds is 0. The van der Waals surface area contributed by atoms with Crippen LogP contribution < -0.4 is 0 Å². The van der Waals surface area contributed by atoms with Crippen molar-refractivity contribution in [2.45, 2.75) is 0 Å². The first-order chi connectivity index (χ1) is 2.41. The Morgan fingerprint density at radius 1 is 1.20 bits per heavy atom. The van der Waals surface area contributed by atoms with Gasteiger partial charge in [0.1, 0.15) is 0 Å². The maximum absolute atomic E-state index is 4.67. The van der Waals surface area contributed by atoms with Gasteiger partial charge in [-0.25, -0.2) is 0 Å². The summed E-state index contributed by atoms with van der Waals surface area (Å²) in [7, 11) is 13.8. The van der Waals surface area contributed by atoms with E-state index in [-0.39, 0.29) is 0 Å². The Hall–Kier alpha value is 2.05. The van der Waals surface area contributed by atoms with Gasteiger partial charge in [-0.05, 0) is 0 Å². The molecule has 0 aromatic heterocycles. The summed E-state index contributed by atoms with van der Waals surface area (Å²) in [6.45, 7) is 0. The molecule has 0 aliphatic rings. The molecule has 0 N–H and O–H groups in total. The monoisotopic (exact) mass is 274 g/mol. The molecule has 0 aliphatic carbocycles. The van der Waals surface area contributed by atoms with Crippen molar-refractivity contribution < 1.29 is 31.3 Å². The van der Waals surface area contributed by atoms with Crippen molar-refractivity contribution >= 4 is 29.7 Å². The van der Waals surface area contributed by atoms with Crippen LogP contribution in [0.2, 0.25) is 0 Å². The fraction of sp³-hybridized carbons (Fsp3) is 0. The molecule has 0 nitrogen and oxygen atoms in total. The van der Waals surface area contributed by atoms with Gasteiger partial charge in [-0.15, -0.1) is 0 Å². The molecule has 0 heterocycles. The minimum absolute atomic E-state index is 0.757. The van der Waals surface area contributed by atoms with Gasteiger partial charge in [-0.2, -0.15) is 0 Å². The SMILES string of the molecule is [Cl][Cu][Cl].[Cl][Pd]. The first-order valence-corrected chi connectivity index (χ1v) is 4.94. The number of hydrogen-bond donors (Lipinski definition) is 0. The molecule has 0 radical (unpaired) electrons. The fourth-order valence-corrected chi connectivity index (χ4v) is 0. The molecule has 0 unspecified atom stereocenters. The first-order valence-electron chi connectivity index (χ1n) is 0.347. The van der Waals surface area contributed by atoms with Gasteiger partial charge in [0.05, 0.1) is 0 Å². The van der Waals surface area contributed by atoms with Crippen molar-refractivity contribution in [2.75, 3.05) is 0 Å². The Labute approximate surface area is 60.5 Å². The van der Waals surface area contributed by atoms with Crippen LogP contribution in [0.25, 0.3) is 0 Å². The second-order valence-electron chi connectivity index (χ2n) is 0.0431. The third-order valence-corrected chi connectivity index (χ3v) is 0. The molecule has 0 fully saturated rings. The molecule has 0 aliphatic heterocycles. The van der Waals surface area contributed by atoms with Crippen molar-refractivity contribution in [3.63, 3.8) is 0 Å². The molecule has 0 saturated heterocycles. The molecular weight excluding hydrogens is 276 g/mol. The van der Waals surface area contributed by atoms with Crippen molar-refractivity contribution in [1.29, 1.82) is 0 Å². The molecule has 0 spiro atoms. The third-order valence-electron chi connectivity index (χ3n) is 0. The van der Waals surface area contributed by atoms with Gasteiger partial charge < -0.3 is 0 Å². The van der Waals surface area contributed by atoms with Gasteiger partial charge in [0.25, 0.3) is 0 Å². The second kappa shape index (κ2) is 16.6. The van der Waals surface area contributed by atoms with Crippen LogP contribution >= 0.6 is 29.7 Å². The van der Waals surface area contributed by atoms with E-state index in [9.17, 15) is 0 Å². The Kier molecular flexibility index (Phi) is 33.6. The van der Waals surface area contributed by atoms with Crippen molar-refractivity contribution in [3.05, 3.63) is 0 Å². The Morgan fingerprint density at radius 3 is 1.20 bits per heavy atom. The van der Waals surface area contributed by atoms with Crippen LogP contribution in [0, 0.1) is 0 Å². The molecule has 42 valence electrons. The molecule has 5 heteroatoms. The van der Waals surface area contributed by atoms with Crippen molar-refractivity contribution in [3.8, 4) is 0 Å². The molecular formula is Cl3CuPd. The van der Waals surface area contributed by atoms with E-state index in [0.717, 1.165) is 13.1 Å². The van der Waals surface area contributed by atoms with Crippen LogP contribution in [0.15, 0.2) is 0 Å². The van der Waals surface area contributed by atoms with E-state index < -0.39 is 0 Å². The zero-order chi connectivity index (χ0) is 4.71. The zero-order valence-corrected chi connectivity index (χ0v) is 6.52. The van der Waals surface area contributed by atoms with Gasteiger partial charge in [0.15, 0.2) is 0 Å². The molecule has 0 atom stereocenters. The van der Waals surface area contributed by atoms with Gasteiger partial charge in [-0.3, -0.25) is 0 Å². The Balaban J connectivity index is 0. The van der Waals surface area contributed by atoms with Gasteiger partial charge >= 0.3 is 61.0 Å². The molecule has 0 aromatic carbocycles. The van der Waals surface area contributed by atoms with E-state index >= 15 is 0 Å². The Bertz CT molecular complexity index is 6.85. The van der Waals surface area contributed by atoms with Crippen LogP contribution in [-0.2, 0) is 31.3 Å². The quantitative estimate of drug-likeness (QED) is 0.594. The van der Waals surface area contributed by atoms with Crippen LogP contribution in [0.5, 0.6) is 0 Å². The summed E-state index contributed by atoms with van der Waals surface area (Å²) in [5.74, 6) is 0. The predicted molar refractivity (Wildman–Crippen MR) is 17.6 cm³/mol. The summed E-state index contributed by atoms with van der Waals surface area (Å²) in [5.41, 5.74) is 0. The van der Waals surface area contributed by atoms with Crippen molar-refractivity contribution in [2.24, 2.45) is 0 Å².